The number of carbonyl (C=O) groups is 1. The third-order valence-corrected chi connectivity index (χ3v) is 6.49. The molecule has 150 valence electrons. The number of fused-ring (bicyclic) bond motifs is 1. The summed E-state index contributed by atoms with van der Waals surface area (Å²) in [7, 11) is 0. The number of ketones is 1. The van der Waals surface area contributed by atoms with Gasteiger partial charge in [0.2, 0.25) is 0 Å². The molecule has 0 aromatic carbocycles. The number of Topliss-reactive ketones (excluding diaryl/α,β-unsaturated/α-hetero) is 1. The molecule has 2 saturated heterocycles. The first-order chi connectivity index (χ1) is 13.8. The number of ether oxygens (including phenoxy) is 2. The molecule has 0 N–H and O–H groups in total. The van der Waals surface area contributed by atoms with Gasteiger partial charge in [-0.15, -0.1) is 5.10 Å². The highest BCUT2D eigenvalue weighted by Gasteiger charge is 2.49. The second-order valence-corrected chi connectivity index (χ2v) is 8.43. The maximum absolute atomic E-state index is 12.4. The summed E-state index contributed by atoms with van der Waals surface area (Å²) in [5, 5.41) is 8.78. The molecule has 4 atom stereocenters. The van der Waals surface area contributed by atoms with Crippen LogP contribution < -0.4 is 0 Å². The summed E-state index contributed by atoms with van der Waals surface area (Å²) < 4.78 is 19.2. The van der Waals surface area contributed by atoms with Crippen LogP contribution in [-0.4, -0.2) is 46.2 Å². The van der Waals surface area contributed by atoms with Crippen molar-refractivity contribution in [2.75, 3.05) is 13.2 Å². The second-order valence-electron chi connectivity index (χ2n) is 8.43. The van der Waals surface area contributed by atoms with Crippen LogP contribution in [0.4, 0.5) is 0 Å². The molecule has 2 aliphatic heterocycles. The van der Waals surface area contributed by atoms with Crippen LogP contribution in [0, 0.1) is 11.8 Å². The van der Waals surface area contributed by atoms with Gasteiger partial charge in [-0.3, -0.25) is 4.79 Å². The average Bonchev–Trinajstić information content (AvgIpc) is 3.49. The Labute approximate surface area is 164 Å². The molecule has 5 rings (SSSR count). The molecule has 2 aromatic rings. The molecule has 1 aliphatic carbocycles. The number of nitrogens with zero attached hydrogens (tertiary/aromatic N) is 3. The van der Waals surface area contributed by atoms with Gasteiger partial charge in [-0.1, -0.05) is 37.3 Å². The molecule has 28 heavy (non-hydrogen) atoms. The molecule has 0 unspecified atom stereocenters. The topological polar surface area (TPSA) is 79.4 Å². The van der Waals surface area contributed by atoms with Crippen LogP contribution in [-0.2, 0) is 15.9 Å². The number of hydrogen-bond donors (Lipinski definition) is 0. The van der Waals surface area contributed by atoms with E-state index < -0.39 is 0 Å². The zero-order valence-corrected chi connectivity index (χ0v) is 16.0. The van der Waals surface area contributed by atoms with Crippen molar-refractivity contribution in [3.8, 4) is 0 Å². The summed E-state index contributed by atoms with van der Waals surface area (Å²) in [6, 6.07) is 3.47. The number of hydrogen-bond acceptors (Lipinski definition) is 6. The summed E-state index contributed by atoms with van der Waals surface area (Å²) in [5.41, 5.74) is 1.07. The first kappa shape index (κ1) is 18.1. The minimum Gasteiger partial charge on any atom is -0.461 e. The van der Waals surface area contributed by atoms with Crippen LogP contribution >= 0.6 is 0 Å². The lowest BCUT2D eigenvalue weighted by Gasteiger charge is -2.20. The minimum absolute atomic E-state index is 0.00169. The zero-order chi connectivity index (χ0) is 18.9. The zero-order valence-electron chi connectivity index (χ0n) is 16.0. The van der Waals surface area contributed by atoms with Crippen LogP contribution in [0.1, 0.15) is 60.8 Å². The highest BCUT2D eigenvalue weighted by Crippen LogP contribution is 2.39. The van der Waals surface area contributed by atoms with Crippen LogP contribution in [0.25, 0.3) is 0 Å². The number of rotatable bonds is 6. The SMILES string of the molecule is O=C(C[C@H]1CO[C@H]2[C@@H]1OC[C@@H]2n1cc(CC2CCCCC2)nn1)c1ccco1. The molecule has 1 saturated carbocycles. The number of aromatic nitrogens is 3. The van der Waals surface area contributed by atoms with Crippen LogP contribution in [0.15, 0.2) is 29.0 Å². The molecule has 0 amide bonds. The Balaban J connectivity index is 1.21. The van der Waals surface area contributed by atoms with Gasteiger partial charge in [0, 0.05) is 18.5 Å². The van der Waals surface area contributed by atoms with E-state index in [4.69, 9.17) is 13.9 Å². The third-order valence-electron chi connectivity index (χ3n) is 6.49. The third kappa shape index (κ3) is 3.53. The number of carbonyl (C=O) groups excluding carboxylic acids is 1. The Kier molecular flexibility index (Phi) is 5.03. The van der Waals surface area contributed by atoms with Crippen molar-refractivity contribution in [2.24, 2.45) is 11.8 Å². The van der Waals surface area contributed by atoms with Gasteiger partial charge in [0.15, 0.2) is 11.5 Å². The summed E-state index contributed by atoms with van der Waals surface area (Å²) in [6.45, 7) is 1.08. The predicted molar refractivity (Wildman–Crippen MR) is 100.0 cm³/mol. The minimum atomic E-state index is -0.0742. The van der Waals surface area contributed by atoms with Gasteiger partial charge in [-0.05, 0) is 24.5 Å². The van der Waals surface area contributed by atoms with E-state index in [2.05, 4.69) is 16.5 Å². The molecule has 3 aliphatic rings. The molecule has 2 aromatic heterocycles. The van der Waals surface area contributed by atoms with Crippen molar-refractivity contribution < 1.29 is 18.7 Å². The standard InChI is InChI=1S/C21H27N3O4/c25-18(19-7-4-8-26-19)10-15-12-27-21-17(13-28-20(15)21)24-11-16(22-23-24)9-14-5-2-1-3-6-14/h4,7-8,11,14-15,17,20-21H,1-3,5-6,9-10,12-13H2/t15-,17-,20+,21+/m0/s1. The molecule has 3 fully saturated rings. The maximum atomic E-state index is 12.4. The Hall–Kier alpha value is -1.99. The highest BCUT2D eigenvalue weighted by molar-refractivity contribution is 5.93. The number of furan rings is 1. The second kappa shape index (κ2) is 7.79. The first-order valence-electron chi connectivity index (χ1n) is 10.5. The fourth-order valence-electron chi connectivity index (χ4n) is 4.99. The smallest absolute Gasteiger partial charge is 0.198 e. The van der Waals surface area contributed by atoms with Gasteiger partial charge in [-0.2, -0.15) is 0 Å². The van der Waals surface area contributed by atoms with Crippen molar-refractivity contribution in [1.29, 1.82) is 0 Å². The Bertz CT molecular complexity index is 796. The summed E-state index contributed by atoms with van der Waals surface area (Å²) in [5.74, 6) is 1.20. The van der Waals surface area contributed by atoms with Gasteiger partial charge < -0.3 is 13.9 Å². The van der Waals surface area contributed by atoms with Crippen LogP contribution in [0.2, 0.25) is 0 Å². The molecular formula is C21H27N3O4. The van der Waals surface area contributed by atoms with E-state index in [1.54, 1.807) is 12.1 Å². The highest BCUT2D eigenvalue weighted by atomic mass is 16.6. The van der Waals surface area contributed by atoms with Crippen molar-refractivity contribution in [1.82, 2.24) is 15.0 Å². The van der Waals surface area contributed by atoms with Gasteiger partial charge >= 0.3 is 0 Å². The molecule has 0 spiro atoms. The summed E-state index contributed by atoms with van der Waals surface area (Å²) in [6.07, 6.45) is 11.5. The van der Waals surface area contributed by atoms with E-state index >= 15 is 0 Å². The van der Waals surface area contributed by atoms with Crippen LogP contribution in [0.3, 0.4) is 0 Å². The van der Waals surface area contributed by atoms with E-state index in [0.29, 0.717) is 25.4 Å². The van der Waals surface area contributed by atoms with E-state index in [1.807, 2.05) is 4.68 Å². The van der Waals surface area contributed by atoms with Gasteiger partial charge in [0.05, 0.1) is 31.3 Å². The van der Waals surface area contributed by atoms with Crippen molar-refractivity contribution in [3.05, 3.63) is 36.0 Å². The largest absolute Gasteiger partial charge is 0.461 e. The normalized spacial score (nSPS) is 30.6. The lowest BCUT2D eigenvalue weighted by molar-refractivity contribution is 0.0582. The Morgan fingerprint density at radius 2 is 2.00 bits per heavy atom. The predicted octanol–water partition coefficient (Wildman–Crippen LogP) is 3.22. The summed E-state index contributed by atoms with van der Waals surface area (Å²) in [4.78, 5) is 12.4. The monoisotopic (exact) mass is 385 g/mol. The molecule has 0 bridgehead atoms. The van der Waals surface area contributed by atoms with Gasteiger partial charge in [0.1, 0.15) is 12.1 Å². The van der Waals surface area contributed by atoms with Crippen molar-refractivity contribution >= 4 is 5.78 Å². The molecule has 7 nitrogen and oxygen atoms in total. The molecule has 0 radical (unpaired) electrons. The van der Waals surface area contributed by atoms with Gasteiger partial charge in [0.25, 0.3) is 0 Å². The van der Waals surface area contributed by atoms with E-state index in [-0.39, 0.29) is 30.0 Å². The van der Waals surface area contributed by atoms with E-state index in [0.717, 1.165) is 18.0 Å². The van der Waals surface area contributed by atoms with Gasteiger partial charge in [-0.25, -0.2) is 4.68 Å². The fraction of sp³-hybridized carbons (Fsp3) is 0.667. The summed E-state index contributed by atoms with van der Waals surface area (Å²) >= 11 is 0. The molecule has 4 heterocycles. The van der Waals surface area contributed by atoms with E-state index in [9.17, 15) is 4.79 Å². The molecular weight excluding hydrogens is 358 g/mol. The quantitative estimate of drug-likeness (QED) is 0.711. The van der Waals surface area contributed by atoms with Crippen LogP contribution in [0.5, 0.6) is 0 Å². The lowest BCUT2D eigenvalue weighted by Crippen LogP contribution is -2.29. The molecule has 7 heteroatoms. The van der Waals surface area contributed by atoms with Crippen molar-refractivity contribution in [2.45, 2.75) is 63.2 Å². The van der Waals surface area contributed by atoms with Crippen molar-refractivity contribution in [3.63, 3.8) is 0 Å². The fourth-order valence-corrected chi connectivity index (χ4v) is 4.99. The lowest BCUT2D eigenvalue weighted by atomic mass is 9.86. The van der Waals surface area contributed by atoms with E-state index in [1.165, 1.54) is 38.4 Å². The average molecular weight is 385 g/mol. The Morgan fingerprint density at radius 3 is 2.82 bits per heavy atom. The maximum Gasteiger partial charge on any atom is 0.198 e. The first-order valence-corrected chi connectivity index (χ1v) is 10.5. The Morgan fingerprint density at radius 1 is 1.14 bits per heavy atom.